The molecular formula is C16H21N3O3S. The van der Waals surface area contributed by atoms with Gasteiger partial charge in [0.25, 0.3) is 0 Å². The summed E-state index contributed by atoms with van der Waals surface area (Å²) in [6.45, 7) is 6.50. The summed E-state index contributed by atoms with van der Waals surface area (Å²) in [7, 11) is -3.57. The highest BCUT2D eigenvalue weighted by Gasteiger charge is 2.34. The van der Waals surface area contributed by atoms with Gasteiger partial charge in [-0.2, -0.15) is 9.40 Å². The summed E-state index contributed by atoms with van der Waals surface area (Å²) >= 11 is 0. The summed E-state index contributed by atoms with van der Waals surface area (Å²) in [5.74, 6) is 0. The minimum atomic E-state index is -3.57. The van der Waals surface area contributed by atoms with Crippen molar-refractivity contribution in [3.8, 4) is 0 Å². The number of benzene rings is 1. The van der Waals surface area contributed by atoms with E-state index in [4.69, 9.17) is 4.74 Å². The zero-order valence-electron chi connectivity index (χ0n) is 13.5. The lowest BCUT2D eigenvalue weighted by Gasteiger charge is -2.32. The van der Waals surface area contributed by atoms with E-state index in [2.05, 4.69) is 10.2 Å². The first kappa shape index (κ1) is 16.2. The van der Waals surface area contributed by atoms with Crippen molar-refractivity contribution in [2.45, 2.75) is 31.8 Å². The van der Waals surface area contributed by atoms with Crippen LogP contribution in [0.25, 0.3) is 0 Å². The molecule has 124 valence electrons. The number of hydrogen-bond donors (Lipinski definition) is 1. The fourth-order valence-electron chi connectivity index (χ4n) is 2.88. The van der Waals surface area contributed by atoms with Gasteiger partial charge in [-0.25, -0.2) is 8.42 Å². The summed E-state index contributed by atoms with van der Waals surface area (Å²) in [5, 5.41) is 6.75. The van der Waals surface area contributed by atoms with Crippen molar-refractivity contribution in [3.05, 3.63) is 46.8 Å². The van der Waals surface area contributed by atoms with Crippen LogP contribution in [0.4, 0.5) is 0 Å². The summed E-state index contributed by atoms with van der Waals surface area (Å²) in [5.41, 5.74) is 3.23. The summed E-state index contributed by atoms with van der Waals surface area (Å²) in [4.78, 5) is 0.280. The minimum absolute atomic E-state index is 0.244. The lowest BCUT2D eigenvalue weighted by atomic mass is 10.1. The van der Waals surface area contributed by atoms with Crippen molar-refractivity contribution >= 4 is 10.0 Å². The molecule has 1 N–H and O–H groups in total. The molecule has 7 heteroatoms. The van der Waals surface area contributed by atoms with Gasteiger partial charge in [0.15, 0.2) is 0 Å². The standard InChI is InChI=1S/C16H21N3O3S/c1-11-4-6-14(7-5-11)15-10-19(8-9-22-15)23(20,21)16-12(2)17-18-13(16)3/h4-7,15H,8-10H2,1-3H3,(H,17,18). The van der Waals surface area contributed by atoms with Crippen molar-refractivity contribution in [1.82, 2.24) is 14.5 Å². The number of nitrogens with zero attached hydrogens (tertiary/aromatic N) is 2. The largest absolute Gasteiger partial charge is 0.371 e. The fraction of sp³-hybridized carbons (Fsp3) is 0.438. The van der Waals surface area contributed by atoms with Crippen LogP contribution < -0.4 is 0 Å². The molecule has 1 saturated heterocycles. The Balaban J connectivity index is 1.87. The molecule has 1 atom stereocenters. The van der Waals surface area contributed by atoms with Crippen molar-refractivity contribution in [1.29, 1.82) is 0 Å². The Morgan fingerprint density at radius 2 is 1.91 bits per heavy atom. The number of rotatable bonds is 3. The van der Waals surface area contributed by atoms with Gasteiger partial charge in [-0.1, -0.05) is 29.8 Å². The molecule has 1 aliphatic heterocycles. The first-order valence-corrected chi connectivity index (χ1v) is 9.03. The van der Waals surface area contributed by atoms with Crippen LogP contribution in [-0.2, 0) is 14.8 Å². The van der Waals surface area contributed by atoms with Gasteiger partial charge < -0.3 is 4.74 Å². The predicted octanol–water partition coefficient (Wildman–Crippen LogP) is 2.10. The fourth-order valence-corrected chi connectivity index (χ4v) is 4.63. The highest BCUT2D eigenvalue weighted by Crippen LogP contribution is 2.28. The lowest BCUT2D eigenvalue weighted by Crippen LogP contribution is -2.42. The first-order chi connectivity index (χ1) is 10.9. The molecule has 23 heavy (non-hydrogen) atoms. The Hall–Kier alpha value is -1.70. The smallest absolute Gasteiger partial charge is 0.246 e. The second-order valence-electron chi connectivity index (χ2n) is 5.90. The number of aromatic amines is 1. The van der Waals surface area contributed by atoms with Crippen molar-refractivity contribution < 1.29 is 13.2 Å². The molecule has 1 unspecified atom stereocenters. The van der Waals surface area contributed by atoms with Crippen molar-refractivity contribution in [2.24, 2.45) is 0 Å². The molecule has 1 aromatic heterocycles. The van der Waals surface area contributed by atoms with Gasteiger partial charge in [0, 0.05) is 13.1 Å². The summed E-state index contributed by atoms with van der Waals surface area (Å²) in [6, 6.07) is 8.00. The number of sulfonamides is 1. The van der Waals surface area contributed by atoms with Gasteiger partial charge in [-0.05, 0) is 26.3 Å². The lowest BCUT2D eigenvalue weighted by molar-refractivity contribution is -0.00258. The number of morpholine rings is 1. The zero-order valence-corrected chi connectivity index (χ0v) is 14.4. The number of H-pyrrole nitrogens is 1. The Morgan fingerprint density at radius 1 is 1.22 bits per heavy atom. The Bertz CT molecular complexity index is 777. The average molecular weight is 335 g/mol. The van der Waals surface area contributed by atoms with Crippen LogP contribution in [0.1, 0.15) is 28.6 Å². The van der Waals surface area contributed by atoms with E-state index in [-0.39, 0.29) is 11.0 Å². The maximum atomic E-state index is 12.9. The maximum Gasteiger partial charge on any atom is 0.246 e. The second-order valence-corrected chi connectivity index (χ2v) is 7.77. The molecule has 6 nitrogen and oxygen atoms in total. The zero-order chi connectivity index (χ0) is 16.6. The van der Waals surface area contributed by atoms with Crippen LogP contribution in [0.15, 0.2) is 29.2 Å². The van der Waals surface area contributed by atoms with E-state index in [9.17, 15) is 8.42 Å². The quantitative estimate of drug-likeness (QED) is 0.932. The van der Waals surface area contributed by atoms with Gasteiger partial charge in [0.1, 0.15) is 4.90 Å². The molecule has 0 spiro atoms. The maximum absolute atomic E-state index is 12.9. The van der Waals surface area contributed by atoms with Crippen molar-refractivity contribution in [3.63, 3.8) is 0 Å². The molecule has 0 radical (unpaired) electrons. The number of hydrogen-bond acceptors (Lipinski definition) is 4. The molecular weight excluding hydrogens is 314 g/mol. The van der Waals surface area contributed by atoms with E-state index in [0.29, 0.717) is 31.1 Å². The summed E-state index contributed by atoms with van der Waals surface area (Å²) in [6.07, 6.45) is -0.244. The Morgan fingerprint density at radius 3 is 2.52 bits per heavy atom. The van der Waals surface area contributed by atoms with Gasteiger partial charge in [0.05, 0.1) is 24.1 Å². The molecule has 2 heterocycles. The van der Waals surface area contributed by atoms with Crippen molar-refractivity contribution in [2.75, 3.05) is 19.7 Å². The minimum Gasteiger partial charge on any atom is -0.371 e. The molecule has 3 rings (SSSR count). The normalized spacial score (nSPS) is 19.9. The molecule has 0 bridgehead atoms. The van der Waals surface area contributed by atoms with Gasteiger partial charge in [-0.15, -0.1) is 0 Å². The number of aromatic nitrogens is 2. The number of aryl methyl sites for hydroxylation is 3. The molecule has 2 aromatic rings. The van der Waals surface area contributed by atoms with Crippen LogP contribution in [0, 0.1) is 20.8 Å². The van der Waals surface area contributed by atoms with Crippen LogP contribution >= 0.6 is 0 Å². The third kappa shape index (κ3) is 3.04. The number of ether oxygens (including phenoxy) is 1. The van der Waals surface area contributed by atoms with Crippen LogP contribution in [0.5, 0.6) is 0 Å². The number of nitrogens with one attached hydrogen (secondary N) is 1. The molecule has 0 saturated carbocycles. The van der Waals surface area contributed by atoms with E-state index < -0.39 is 10.0 Å². The van der Waals surface area contributed by atoms with Crippen LogP contribution in [0.2, 0.25) is 0 Å². The van der Waals surface area contributed by atoms with Gasteiger partial charge >= 0.3 is 0 Å². The van der Waals surface area contributed by atoms with Gasteiger partial charge in [-0.3, -0.25) is 5.10 Å². The molecule has 1 aliphatic rings. The van der Waals surface area contributed by atoms with E-state index in [1.807, 2.05) is 31.2 Å². The van der Waals surface area contributed by atoms with Crippen LogP contribution in [-0.4, -0.2) is 42.6 Å². The topological polar surface area (TPSA) is 75.3 Å². The predicted molar refractivity (Wildman–Crippen MR) is 86.7 cm³/mol. The van der Waals surface area contributed by atoms with E-state index >= 15 is 0 Å². The highest BCUT2D eigenvalue weighted by molar-refractivity contribution is 7.89. The molecule has 1 fully saturated rings. The highest BCUT2D eigenvalue weighted by atomic mass is 32.2. The van der Waals surface area contributed by atoms with E-state index in [0.717, 1.165) is 5.56 Å². The molecule has 1 aromatic carbocycles. The third-order valence-corrected chi connectivity index (χ3v) is 6.27. The average Bonchev–Trinajstić information content (AvgIpc) is 2.88. The van der Waals surface area contributed by atoms with E-state index in [1.54, 1.807) is 13.8 Å². The molecule has 0 aliphatic carbocycles. The summed E-state index contributed by atoms with van der Waals surface area (Å²) < 4.78 is 33.1. The SMILES string of the molecule is Cc1ccc(C2CN(S(=O)(=O)c3c(C)n[nH]c3C)CCO2)cc1. The molecule has 0 amide bonds. The Labute approximate surface area is 136 Å². The van der Waals surface area contributed by atoms with E-state index in [1.165, 1.54) is 9.87 Å². The van der Waals surface area contributed by atoms with Gasteiger partial charge in [0.2, 0.25) is 10.0 Å². The first-order valence-electron chi connectivity index (χ1n) is 7.59. The second kappa shape index (κ2) is 6.07. The monoisotopic (exact) mass is 335 g/mol. The Kier molecular flexibility index (Phi) is 4.27. The third-order valence-electron chi connectivity index (χ3n) is 4.14. The van der Waals surface area contributed by atoms with Crippen LogP contribution in [0.3, 0.4) is 0 Å².